The molecular weight excluding hydrogens is 483 g/mol. The van der Waals surface area contributed by atoms with Crippen LogP contribution in [-0.2, 0) is 24.1 Å². The van der Waals surface area contributed by atoms with Crippen LogP contribution >= 0.6 is 23.2 Å². The van der Waals surface area contributed by atoms with Gasteiger partial charge in [0.05, 0.1) is 9.92 Å². The highest BCUT2D eigenvalue weighted by Gasteiger charge is 2.48. The standard InChI is InChI=1S/C24H28Cl2N2O4S/c1-23(2,3)22(29)28(18-6-7-18)21-20(26)14-16(15-27-21)24(10-12-32-13-11-24)33(30,31)19-8-4-17(25)5-9-19/h4-5,8-9,14-15,18H,6-7,10-13H2,1-3H3. The maximum Gasteiger partial charge on any atom is 0.233 e. The number of hydrogen-bond acceptors (Lipinski definition) is 5. The van der Waals surface area contributed by atoms with Gasteiger partial charge in [0.15, 0.2) is 15.7 Å². The molecule has 0 unspecified atom stereocenters. The molecule has 1 amide bonds. The molecule has 0 N–H and O–H groups in total. The third-order valence-corrected chi connectivity index (χ3v) is 9.38. The van der Waals surface area contributed by atoms with Crippen molar-refractivity contribution in [1.29, 1.82) is 0 Å². The molecule has 33 heavy (non-hydrogen) atoms. The van der Waals surface area contributed by atoms with Gasteiger partial charge in [-0.3, -0.25) is 9.69 Å². The zero-order valence-electron chi connectivity index (χ0n) is 19.0. The summed E-state index contributed by atoms with van der Waals surface area (Å²) < 4.78 is 32.0. The molecule has 1 aromatic carbocycles. The van der Waals surface area contributed by atoms with Gasteiger partial charge in [0, 0.05) is 35.9 Å². The molecule has 9 heteroatoms. The average molecular weight is 511 g/mol. The van der Waals surface area contributed by atoms with Crippen molar-refractivity contribution in [2.24, 2.45) is 5.41 Å². The van der Waals surface area contributed by atoms with Gasteiger partial charge in [-0.15, -0.1) is 0 Å². The van der Waals surface area contributed by atoms with Crippen molar-refractivity contribution in [1.82, 2.24) is 4.98 Å². The number of benzene rings is 1. The van der Waals surface area contributed by atoms with Crippen LogP contribution < -0.4 is 4.90 Å². The number of amides is 1. The van der Waals surface area contributed by atoms with E-state index >= 15 is 0 Å². The lowest BCUT2D eigenvalue weighted by Crippen LogP contribution is -2.43. The lowest BCUT2D eigenvalue weighted by Gasteiger charge is -2.37. The number of aromatic nitrogens is 1. The SMILES string of the molecule is CC(C)(C)C(=O)N(c1ncc(C2(S(=O)(=O)c3ccc(Cl)cc3)CCOCC2)cc1Cl)C1CC1. The second kappa shape index (κ2) is 8.84. The van der Waals surface area contributed by atoms with Crippen LogP contribution in [0.5, 0.6) is 0 Å². The van der Waals surface area contributed by atoms with Crippen LogP contribution in [0.2, 0.25) is 10.0 Å². The van der Waals surface area contributed by atoms with E-state index in [2.05, 4.69) is 4.98 Å². The molecule has 0 atom stereocenters. The molecule has 0 radical (unpaired) electrons. The molecule has 1 aliphatic heterocycles. The van der Waals surface area contributed by atoms with Gasteiger partial charge in [-0.05, 0) is 61.6 Å². The van der Waals surface area contributed by atoms with Gasteiger partial charge >= 0.3 is 0 Å². The molecule has 2 aromatic rings. The van der Waals surface area contributed by atoms with E-state index in [0.717, 1.165) is 12.8 Å². The number of anilines is 1. The minimum Gasteiger partial charge on any atom is -0.381 e. The van der Waals surface area contributed by atoms with E-state index in [0.29, 0.717) is 29.6 Å². The van der Waals surface area contributed by atoms with E-state index in [1.165, 1.54) is 12.1 Å². The van der Waals surface area contributed by atoms with Gasteiger partial charge < -0.3 is 4.74 Å². The van der Waals surface area contributed by atoms with Crippen LogP contribution in [0.15, 0.2) is 41.4 Å². The van der Waals surface area contributed by atoms with E-state index in [-0.39, 0.29) is 34.7 Å². The van der Waals surface area contributed by atoms with Crippen molar-refractivity contribution in [2.75, 3.05) is 18.1 Å². The summed E-state index contributed by atoms with van der Waals surface area (Å²) in [5, 5.41) is 0.738. The van der Waals surface area contributed by atoms with Crippen molar-refractivity contribution >= 4 is 44.8 Å². The molecule has 1 aromatic heterocycles. The Morgan fingerprint density at radius 3 is 2.24 bits per heavy atom. The van der Waals surface area contributed by atoms with Crippen molar-refractivity contribution in [3.8, 4) is 0 Å². The minimum absolute atomic E-state index is 0.0540. The summed E-state index contributed by atoms with van der Waals surface area (Å²) in [7, 11) is -3.80. The number of carbonyl (C=O) groups excluding carboxylic acids is 1. The Labute approximate surface area is 205 Å². The highest BCUT2D eigenvalue weighted by Crippen LogP contribution is 2.46. The fraction of sp³-hybridized carbons (Fsp3) is 0.500. The summed E-state index contributed by atoms with van der Waals surface area (Å²) in [4.78, 5) is 19.6. The molecule has 2 aliphatic rings. The fourth-order valence-electron chi connectivity index (χ4n) is 4.24. The first-order chi connectivity index (χ1) is 15.5. The average Bonchev–Trinajstić information content (AvgIpc) is 3.60. The second-order valence-electron chi connectivity index (χ2n) is 9.75. The molecule has 2 heterocycles. The first kappa shape index (κ1) is 24.5. The van der Waals surface area contributed by atoms with Gasteiger partial charge in [-0.1, -0.05) is 44.0 Å². The molecule has 4 rings (SSSR count). The zero-order valence-corrected chi connectivity index (χ0v) is 21.3. The van der Waals surface area contributed by atoms with Crippen LogP contribution in [0.3, 0.4) is 0 Å². The number of ether oxygens (including phenoxy) is 1. The first-order valence-electron chi connectivity index (χ1n) is 11.0. The molecule has 1 aliphatic carbocycles. The lowest BCUT2D eigenvalue weighted by molar-refractivity contribution is -0.125. The van der Waals surface area contributed by atoms with Crippen molar-refractivity contribution in [2.45, 2.75) is 62.1 Å². The third kappa shape index (κ3) is 4.53. The Morgan fingerprint density at radius 1 is 1.12 bits per heavy atom. The van der Waals surface area contributed by atoms with Crippen molar-refractivity contribution in [3.63, 3.8) is 0 Å². The van der Waals surface area contributed by atoms with E-state index < -0.39 is 20.0 Å². The summed E-state index contributed by atoms with van der Waals surface area (Å²) in [5.74, 6) is 0.329. The van der Waals surface area contributed by atoms with Crippen LogP contribution in [0.4, 0.5) is 5.82 Å². The van der Waals surface area contributed by atoms with Crippen LogP contribution in [0.25, 0.3) is 0 Å². The van der Waals surface area contributed by atoms with Gasteiger partial charge in [0.1, 0.15) is 4.75 Å². The second-order valence-corrected chi connectivity index (χ2v) is 12.9. The van der Waals surface area contributed by atoms with Crippen molar-refractivity contribution in [3.05, 3.63) is 52.1 Å². The van der Waals surface area contributed by atoms with Crippen molar-refractivity contribution < 1.29 is 17.9 Å². The smallest absolute Gasteiger partial charge is 0.233 e. The molecule has 0 bridgehead atoms. The number of rotatable bonds is 5. The fourth-order valence-corrected chi connectivity index (χ4v) is 6.69. The van der Waals surface area contributed by atoms with Gasteiger partial charge in [0.25, 0.3) is 0 Å². The number of carbonyl (C=O) groups is 1. The summed E-state index contributed by atoms with van der Waals surface area (Å²) in [6.45, 7) is 6.21. The maximum absolute atomic E-state index is 13.9. The van der Waals surface area contributed by atoms with E-state index in [4.69, 9.17) is 27.9 Å². The molecule has 1 saturated carbocycles. The number of nitrogens with zero attached hydrogens (tertiary/aromatic N) is 2. The van der Waals surface area contributed by atoms with Gasteiger partial charge in [0.2, 0.25) is 5.91 Å². The Morgan fingerprint density at radius 2 is 1.73 bits per heavy atom. The molecule has 178 valence electrons. The quantitative estimate of drug-likeness (QED) is 0.537. The van der Waals surface area contributed by atoms with Gasteiger partial charge in [-0.2, -0.15) is 0 Å². The maximum atomic E-state index is 13.9. The summed E-state index contributed by atoms with van der Waals surface area (Å²) in [5.41, 5.74) is -0.0833. The number of halogens is 2. The molecule has 0 spiro atoms. The first-order valence-corrected chi connectivity index (χ1v) is 13.3. The molecule has 6 nitrogen and oxygen atoms in total. The normalized spacial score (nSPS) is 18.7. The third-order valence-electron chi connectivity index (χ3n) is 6.29. The Hall–Kier alpha value is -1.67. The van der Waals surface area contributed by atoms with Crippen LogP contribution in [0, 0.1) is 5.41 Å². The zero-order chi connectivity index (χ0) is 24.0. The number of hydrogen-bond donors (Lipinski definition) is 0. The van der Waals surface area contributed by atoms with E-state index in [9.17, 15) is 13.2 Å². The predicted molar refractivity (Wildman–Crippen MR) is 130 cm³/mol. The molecule has 1 saturated heterocycles. The monoisotopic (exact) mass is 510 g/mol. The van der Waals surface area contributed by atoms with Gasteiger partial charge in [-0.25, -0.2) is 13.4 Å². The summed E-state index contributed by atoms with van der Waals surface area (Å²) in [6.07, 6.45) is 3.91. The van der Waals surface area contributed by atoms with Crippen LogP contribution in [-0.4, -0.2) is 38.6 Å². The lowest BCUT2D eigenvalue weighted by atomic mass is 9.91. The topological polar surface area (TPSA) is 76.6 Å². The highest BCUT2D eigenvalue weighted by atomic mass is 35.5. The number of pyridine rings is 1. The predicted octanol–water partition coefficient (Wildman–Crippen LogP) is 5.41. The Bertz CT molecular complexity index is 1150. The largest absolute Gasteiger partial charge is 0.381 e. The Balaban J connectivity index is 1.79. The minimum atomic E-state index is -3.80. The van der Waals surface area contributed by atoms with E-state index in [1.54, 1.807) is 29.3 Å². The summed E-state index contributed by atoms with van der Waals surface area (Å²) >= 11 is 12.7. The number of sulfone groups is 1. The molecule has 2 fully saturated rings. The molecular formula is C24H28Cl2N2O4S. The summed E-state index contributed by atoms with van der Waals surface area (Å²) in [6, 6.07) is 7.92. The van der Waals surface area contributed by atoms with Crippen LogP contribution in [0.1, 0.15) is 52.0 Å². The highest BCUT2D eigenvalue weighted by molar-refractivity contribution is 7.92. The Kier molecular flexibility index (Phi) is 6.55. The van der Waals surface area contributed by atoms with E-state index in [1.807, 2.05) is 20.8 Å².